The molecular formula is C24H26F2N8O. The van der Waals surface area contributed by atoms with Gasteiger partial charge in [0.2, 0.25) is 5.95 Å². The second-order valence-corrected chi connectivity index (χ2v) is 8.24. The summed E-state index contributed by atoms with van der Waals surface area (Å²) in [6.45, 7) is 5.00. The molecule has 3 heterocycles. The van der Waals surface area contributed by atoms with Crippen molar-refractivity contribution >= 4 is 29.0 Å². The van der Waals surface area contributed by atoms with Crippen molar-refractivity contribution < 1.29 is 13.5 Å². The van der Waals surface area contributed by atoms with E-state index in [0.29, 0.717) is 41.0 Å². The Morgan fingerprint density at radius 3 is 2.69 bits per heavy atom. The Labute approximate surface area is 201 Å². The third-order valence-corrected chi connectivity index (χ3v) is 5.96. The Morgan fingerprint density at radius 1 is 1.06 bits per heavy atom. The zero-order chi connectivity index (χ0) is 24.2. The summed E-state index contributed by atoms with van der Waals surface area (Å²) < 4.78 is 32.9. The first-order valence-corrected chi connectivity index (χ1v) is 11.4. The lowest BCUT2D eigenvalue weighted by molar-refractivity contribution is 0.0398. The minimum absolute atomic E-state index is 0.235. The highest BCUT2D eigenvalue weighted by Crippen LogP contribution is 2.39. The summed E-state index contributed by atoms with van der Waals surface area (Å²) in [4.78, 5) is 18.1. The third kappa shape index (κ3) is 5.06. The van der Waals surface area contributed by atoms with Gasteiger partial charge in [0.05, 0.1) is 30.2 Å². The number of aliphatic imine (C=N–C) groups is 1. The van der Waals surface area contributed by atoms with Crippen molar-refractivity contribution in [3.63, 3.8) is 0 Å². The van der Waals surface area contributed by atoms with Crippen molar-refractivity contribution in [1.82, 2.24) is 20.3 Å². The number of hydrogen-bond donors (Lipinski definition) is 3. The molecule has 3 aromatic rings. The lowest BCUT2D eigenvalue weighted by atomic mass is 10.1. The molecule has 1 aromatic heterocycles. The first-order chi connectivity index (χ1) is 17.1. The van der Waals surface area contributed by atoms with Crippen molar-refractivity contribution in [2.45, 2.75) is 6.54 Å². The Kier molecular flexibility index (Phi) is 6.80. The molecule has 0 saturated carbocycles. The number of nitrogens with zero attached hydrogens (tertiary/aromatic N) is 5. The van der Waals surface area contributed by atoms with Crippen LogP contribution in [0.25, 0.3) is 0 Å². The van der Waals surface area contributed by atoms with Crippen LogP contribution in [0.5, 0.6) is 0 Å². The van der Waals surface area contributed by atoms with Gasteiger partial charge in [0.25, 0.3) is 0 Å². The van der Waals surface area contributed by atoms with E-state index in [1.165, 1.54) is 6.07 Å². The molecule has 1 saturated heterocycles. The Morgan fingerprint density at radius 2 is 1.89 bits per heavy atom. The van der Waals surface area contributed by atoms with Gasteiger partial charge in [-0.2, -0.15) is 4.98 Å². The van der Waals surface area contributed by atoms with Gasteiger partial charge in [0.15, 0.2) is 17.5 Å². The standard InChI is InChI=1S/C24H26F2N8O/c25-18-6-5-16(13-19(18)26)15-34-21-4-2-1-3-20(21)30-22(32-27)17-14-29-24(31-23(17)34)28-7-8-33-9-11-35-12-10-33/h1-6,13-14H,7-12,15,27H2,(H,30,32)(H,28,29,31). The molecule has 0 atom stereocenters. The lowest BCUT2D eigenvalue weighted by Crippen LogP contribution is -2.39. The predicted octanol–water partition coefficient (Wildman–Crippen LogP) is 2.69. The molecule has 2 aliphatic rings. The maximum atomic E-state index is 14.0. The molecule has 0 amide bonds. The molecule has 0 aliphatic carbocycles. The number of morpholine rings is 1. The van der Waals surface area contributed by atoms with E-state index >= 15 is 0 Å². The van der Waals surface area contributed by atoms with E-state index in [9.17, 15) is 8.78 Å². The van der Waals surface area contributed by atoms with E-state index in [1.54, 1.807) is 12.3 Å². The number of aromatic nitrogens is 2. The summed E-state index contributed by atoms with van der Waals surface area (Å²) in [6.07, 6.45) is 1.65. The number of benzene rings is 2. The smallest absolute Gasteiger partial charge is 0.224 e. The van der Waals surface area contributed by atoms with Gasteiger partial charge < -0.3 is 20.4 Å². The first-order valence-electron chi connectivity index (χ1n) is 11.4. The highest BCUT2D eigenvalue weighted by Gasteiger charge is 2.26. The summed E-state index contributed by atoms with van der Waals surface area (Å²) in [5.41, 5.74) is 5.22. The minimum atomic E-state index is -0.903. The number of hydrazine groups is 1. The molecule has 9 nitrogen and oxygen atoms in total. The van der Waals surface area contributed by atoms with Crippen molar-refractivity contribution in [2.75, 3.05) is 49.6 Å². The zero-order valence-electron chi connectivity index (χ0n) is 19.0. The quantitative estimate of drug-likeness (QED) is 0.366. The number of halogens is 2. The minimum Gasteiger partial charge on any atom is -0.379 e. The molecule has 182 valence electrons. The number of amidine groups is 1. The van der Waals surface area contributed by atoms with Crippen molar-refractivity contribution in [3.05, 3.63) is 71.4 Å². The topological polar surface area (TPSA) is 104 Å². The fraction of sp³-hybridized carbons (Fsp3) is 0.292. The van der Waals surface area contributed by atoms with E-state index in [1.807, 2.05) is 29.2 Å². The molecule has 35 heavy (non-hydrogen) atoms. The van der Waals surface area contributed by atoms with Crippen LogP contribution in [-0.4, -0.2) is 60.1 Å². The molecule has 0 spiro atoms. The van der Waals surface area contributed by atoms with Crippen molar-refractivity contribution in [2.24, 2.45) is 10.8 Å². The Hall–Kier alpha value is -3.67. The fourth-order valence-corrected chi connectivity index (χ4v) is 4.15. The van der Waals surface area contributed by atoms with Gasteiger partial charge >= 0.3 is 0 Å². The number of hydrogen-bond acceptors (Lipinski definition) is 9. The van der Waals surface area contributed by atoms with Crippen LogP contribution < -0.4 is 21.5 Å². The monoisotopic (exact) mass is 480 g/mol. The van der Waals surface area contributed by atoms with Crippen molar-refractivity contribution in [1.29, 1.82) is 0 Å². The predicted molar refractivity (Wildman–Crippen MR) is 130 cm³/mol. The van der Waals surface area contributed by atoms with Gasteiger partial charge in [0.1, 0.15) is 5.82 Å². The normalized spacial score (nSPS) is 15.6. The van der Waals surface area contributed by atoms with Crippen LogP contribution in [0.1, 0.15) is 11.1 Å². The molecule has 2 aliphatic heterocycles. The van der Waals surface area contributed by atoms with Gasteiger partial charge in [-0.05, 0) is 29.8 Å². The second kappa shape index (κ2) is 10.3. The number of para-hydroxylation sites is 2. The van der Waals surface area contributed by atoms with Crippen LogP contribution in [0.2, 0.25) is 0 Å². The third-order valence-electron chi connectivity index (χ3n) is 5.96. The van der Waals surface area contributed by atoms with Gasteiger partial charge in [-0.15, -0.1) is 0 Å². The second-order valence-electron chi connectivity index (χ2n) is 8.24. The fourth-order valence-electron chi connectivity index (χ4n) is 4.15. The molecule has 1 fully saturated rings. The number of rotatable bonds is 6. The van der Waals surface area contributed by atoms with E-state index < -0.39 is 11.6 Å². The van der Waals surface area contributed by atoms with E-state index in [0.717, 1.165) is 44.6 Å². The van der Waals surface area contributed by atoms with Gasteiger partial charge in [-0.3, -0.25) is 4.90 Å². The molecule has 11 heteroatoms. The Balaban J connectivity index is 1.48. The SMILES string of the molecule is NNC1=Nc2ccccc2N(Cc2ccc(F)c(F)c2)c2nc(NCCN3CCOCC3)ncc21. The van der Waals surface area contributed by atoms with Crippen LogP contribution in [0.3, 0.4) is 0 Å². The molecule has 0 unspecified atom stereocenters. The van der Waals surface area contributed by atoms with Crippen molar-refractivity contribution in [3.8, 4) is 0 Å². The average Bonchev–Trinajstić information content (AvgIpc) is 3.01. The maximum absolute atomic E-state index is 14.0. The Bertz CT molecular complexity index is 1230. The number of anilines is 3. The molecule has 4 N–H and O–H groups in total. The zero-order valence-corrected chi connectivity index (χ0v) is 19.0. The van der Waals surface area contributed by atoms with Crippen LogP contribution in [0.15, 0.2) is 53.7 Å². The van der Waals surface area contributed by atoms with Crippen LogP contribution in [-0.2, 0) is 11.3 Å². The van der Waals surface area contributed by atoms with Gasteiger partial charge in [0, 0.05) is 38.9 Å². The molecule has 0 radical (unpaired) electrons. The van der Waals surface area contributed by atoms with E-state index in [-0.39, 0.29) is 6.54 Å². The highest BCUT2D eigenvalue weighted by atomic mass is 19.2. The summed E-state index contributed by atoms with van der Waals surface area (Å²) in [7, 11) is 0. The van der Waals surface area contributed by atoms with Gasteiger partial charge in [-0.25, -0.2) is 24.6 Å². The summed E-state index contributed by atoms with van der Waals surface area (Å²) in [5, 5.41) is 3.29. The van der Waals surface area contributed by atoms with Gasteiger partial charge in [-0.1, -0.05) is 18.2 Å². The van der Waals surface area contributed by atoms with E-state index in [4.69, 9.17) is 15.6 Å². The van der Waals surface area contributed by atoms with Crippen LogP contribution >= 0.6 is 0 Å². The summed E-state index contributed by atoms with van der Waals surface area (Å²) in [5.74, 6) is 5.40. The summed E-state index contributed by atoms with van der Waals surface area (Å²) in [6, 6.07) is 11.4. The molecule has 5 rings (SSSR count). The van der Waals surface area contributed by atoms with Crippen LogP contribution in [0, 0.1) is 11.6 Å². The number of nitrogens with one attached hydrogen (secondary N) is 2. The van der Waals surface area contributed by atoms with Crippen LogP contribution in [0.4, 0.5) is 31.9 Å². The summed E-state index contributed by atoms with van der Waals surface area (Å²) >= 11 is 0. The molecule has 2 aromatic carbocycles. The first kappa shape index (κ1) is 23.1. The number of nitrogens with two attached hydrogens (primary N) is 1. The molecule has 0 bridgehead atoms. The number of fused-ring (bicyclic) bond motifs is 2. The molecular weight excluding hydrogens is 454 g/mol. The lowest BCUT2D eigenvalue weighted by Gasteiger charge is -2.27. The number of ether oxygens (including phenoxy) is 1. The van der Waals surface area contributed by atoms with E-state index in [2.05, 4.69) is 25.6 Å². The average molecular weight is 481 g/mol. The highest BCUT2D eigenvalue weighted by molar-refractivity contribution is 6.06. The maximum Gasteiger partial charge on any atom is 0.224 e. The largest absolute Gasteiger partial charge is 0.379 e.